The highest BCUT2D eigenvalue weighted by Gasteiger charge is 2.37. The number of fused-ring (bicyclic) bond motifs is 2. The first-order chi connectivity index (χ1) is 9.34. The summed E-state index contributed by atoms with van der Waals surface area (Å²) in [5, 5.41) is 3.40. The molecular weight excluding hydrogens is 240 g/mol. The number of carbonyl (C=O) groups is 1. The van der Waals surface area contributed by atoms with E-state index in [0.717, 1.165) is 31.5 Å². The van der Waals surface area contributed by atoms with Gasteiger partial charge in [-0.15, -0.1) is 0 Å². The van der Waals surface area contributed by atoms with E-state index in [4.69, 9.17) is 4.74 Å². The molecule has 2 fully saturated rings. The Hall–Kier alpha value is -1.55. The van der Waals surface area contributed by atoms with E-state index >= 15 is 0 Å². The number of amides is 1. The molecule has 0 aromatic heterocycles. The van der Waals surface area contributed by atoms with Gasteiger partial charge in [-0.25, -0.2) is 4.79 Å². The zero-order valence-electron chi connectivity index (χ0n) is 11.0. The van der Waals surface area contributed by atoms with Crippen molar-refractivity contribution in [1.82, 2.24) is 10.2 Å². The van der Waals surface area contributed by atoms with E-state index in [2.05, 4.69) is 5.32 Å². The number of piperazine rings is 1. The first kappa shape index (κ1) is 12.5. The van der Waals surface area contributed by atoms with Gasteiger partial charge in [0.05, 0.1) is 0 Å². The quantitative estimate of drug-likeness (QED) is 0.886. The lowest BCUT2D eigenvalue weighted by atomic mass is 9.93. The number of benzene rings is 1. The number of ether oxygens (including phenoxy) is 1. The first-order valence-electron chi connectivity index (χ1n) is 7.04. The fourth-order valence-electron chi connectivity index (χ4n) is 3.07. The van der Waals surface area contributed by atoms with Crippen LogP contribution in [0.2, 0.25) is 0 Å². The minimum absolute atomic E-state index is 0.153. The molecule has 2 aliphatic heterocycles. The summed E-state index contributed by atoms with van der Waals surface area (Å²) in [7, 11) is 0. The van der Waals surface area contributed by atoms with Gasteiger partial charge in [-0.05, 0) is 24.8 Å². The third-order valence-corrected chi connectivity index (χ3v) is 4.04. The summed E-state index contributed by atoms with van der Waals surface area (Å²) >= 11 is 0. The highest BCUT2D eigenvalue weighted by molar-refractivity contribution is 5.69. The molecule has 2 atom stereocenters. The molecular formula is C15H20N2O2. The van der Waals surface area contributed by atoms with E-state index in [-0.39, 0.29) is 6.09 Å². The van der Waals surface area contributed by atoms with Gasteiger partial charge in [-0.3, -0.25) is 4.90 Å². The summed E-state index contributed by atoms with van der Waals surface area (Å²) in [6, 6.07) is 10.5. The van der Waals surface area contributed by atoms with Crippen LogP contribution >= 0.6 is 0 Å². The SMILES string of the molecule is O=C(OCc1ccccc1)N1C2CCCC1CNC2. The second kappa shape index (κ2) is 5.61. The third kappa shape index (κ3) is 2.73. The summed E-state index contributed by atoms with van der Waals surface area (Å²) in [6.07, 6.45) is 3.24. The Morgan fingerprint density at radius 1 is 1.21 bits per heavy atom. The Morgan fingerprint density at radius 2 is 1.89 bits per heavy atom. The van der Waals surface area contributed by atoms with E-state index in [1.807, 2.05) is 35.2 Å². The van der Waals surface area contributed by atoms with Crippen molar-refractivity contribution < 1.29 is 9.53 Å². The average molecular weight is 260 g/mol. The van der Waals surface area contributed by atoms with E-state index in [0.29, 0.717) is 18.7 Å². The molecule has 0 aliphatic carbocycles. The number of piperidine rings is 1. The summed E-state index contributed by atoms with van der Waals surface area (Å²) in [5.74, 6) is 0. The molecule has 0 spiro atoms. The van der Waals surface area contributed by atoms with Crippen LogP contribution in [-0.4, -0.2) is 36.2 Å². The zero-order valence-corrected chi connectivity index (χ0v) is 11.0. The predicted octanol–water partition coefficient (Wildman–Crippen LogP) is 2.15. The van der Waals surface area contributed by atoms with Crippen LogP contribution in [-0.2, 0) is 11.3 Å². The van der Waals surface area contributed by atoms with Gasteiger partial charge in [0, 0.05) is 25.2 Å². The van der Waals surface area contributed by atoms with Crippen LogP contribution in [0.3, 0.4) is 0 Å². The molecule has 2 saturated heterocycles. The Balaban J connectivity index is 1.60. The molecule has 1 amide bonds. The fraction of sp³-hybridized carbons (Fsp3) is 0.533. The van der Waals surface area contributed by atoms with Crippen LogP contribution in [0.4, 0.5) is 4.79 Å². The normalized spacial score (nSPS) is 26.0. The smallest absolute Gasteiger partial charge is 0.410 e. The van der Waals surface area contributed by atoms with Gasteiger partial charge in [-0.2, -0.15) is 0 Å². The Morgan fingerprint density at radius 3 is 2.58 bits per heavy atom. The van der Waals surface area contributed by atoms with E-state index in [1.165, 1.54) is 6.42 Å². The summed E-state index contributed by atoms with van der Waals surface area (Å²) in [5.41, 5.74) is 1.04. The molecule has 2 aliphatic rings. The highest BCUT2D eigenvalue weighted by atomic mass is 16.6. The molecule has 1 N–H and O–H groups in total. The van der Waals surface area contributed by atoms with Gasteiger partial charge in [0.2, 0.25) is 0 Å². The second-order valence-corrected chi connectivity index (χ2v) is 5.34. The standard InChI is InChI=1S/C15H20N2O2/c18-15(19-11-12-5-2-1-3-6-12)17-13-7-4-8-14(17)10-16-9-13/h1-3,5-6,13-14,16H,4,7-11H2. The van der Waals surface area contributed by atoms with Gasteiger partial charge < -0.3 is 10.1 Å². The van der Waals surface area contributed by atoms with Crippen molar-refractivity contribution in [3.05, 3.63) is 35.9 Å². The molecule has 1 aromatic rings. The first-order valence-corrected chi connectivity index (χ1v) is 7.04. The maximum Gasteiger partial charge on any atom is 0.410 e. The van der Waals surface area contributed by atoms with Crippen LogP contribution in [0.25, 0.3) is 0 Å². The second-order valence-electron chi connectivity index (χ2n) is 5.34. The van der Waals surface area contributed by atoms with Gasteiger partial charge in [0.15, 0.2) is 0 Å². The summed E-state index contributed by atoms with van der Waals surface area (Å²) in [4.78, 5) is 14.2. The summed E-state index contributed by atoms with van der Waals surface area (Å²) < 4.78 is 5.46. The average Bonchev–Trinajstić information content (AvgIpc) is 2.45. The minimum atomic E-state index is -0.153. The zero-order chi connectivity index (χ0) is 13.1. The van der Waals surface area contributed by atoms with Gasteiger partial charge in [-0.1, -0.05) is 30.3 Å². The topological polar surface area (TPSA) is 41.6 Å². The molecule has 2 bridgehead atoms. The Bertz CT molecular complexity index is 413. The van der Waals surface area contributed by atoms with Crippen molar-refractivity contribution in [1.29, 1.82) is 0 Å². The van der Waals surface area contributed by atoms with Crippen molar-refractivity contribution >= 4 is 6.09 Å². The van der Waals surface area contributed by atoms with Gasteiger partial charge >= 0.3 is 6.09 Å². The lowest BCUT2D eigenvalue weighted by Crippen LogP contribution is -2.61. The molecule has 2 unspecified atom stereocenters. The van der Waals surface area contributed by atoms with Crippen molar-refractivity contribution in [2.75, 3.05) is 13.1 Å². The van der Waals surface area contributed by atoms with Crippen molar-refractivity contribution in [2.45, 2.75) is 38.0 Å². The fourth-order valence-corrected chi connectivity index (χ4v) is 3.07. The molecule has 19 heavy (non-hydrogen) atoms. The van der Waals surface area contributed by atoms with Crippen LogP contribution in [0.15, 0.2) is 30.3 Å². The van der Waals surface area contributed by atoms with Crippen molar-refractivity contribution in [3.63, 3.8) is 0 Å². The molecule has 4 heteroatoms. The molecule has 3 rings (SSSR count). The van der Waals surface area contributed by atoms with Gasteiger partial charge in [0.1, 0.15) is 6.61 Å². The maximum atomic E-state index is 12.3. The number of nitrogens with one attached hydrogen (secondary N) is 1. The molecule has 1 aromatic carbocycles. The molecule has 4 nitrogen and oxygen atoms in total. The number of hydrogen-bond acceptors (Lipinski definition) is 3. The van der Waals surface area contributed by atoms with Crippen LogP contribution in [0.5, 0.6) is 0 Å². The third-order valence-electron chi connectivity index (χ3n) is 4.04. The van der Waals surface area contributed by atoms with Crippen molar-refractivity contribution in [2.24, 2.45) is 0 Å². The number of carbonyl (C=O) groups excluding carboxylic acids is 1. The molecule has 0 radical (unpaired) electrons. The molecule has 2 heterocycles. The van der Waals surface area contributed by atoms with Crippen molar-refractivity contribution in [3.8, 4) is 0 Å². The van der Waals surface area contributed by atoms with Crippen LogP contribution in [0, 0.1) is 0 Å². The predicted molar refractivity (Wildman–Crippen MR) is 72.8 cm³/mol. The Kier molecular flexibility index (Phi) is 3.69. The number of nitrogens with zero attached hydrogens (tertiary/aromatic N) is 1. The Labute approximate surface area is 113 Å². The lowest BCUT2D eigenvalue weighted by molar-refractivity contribution is 0.0271. The lowest BCUT2D eigenvalue weighted by Gasteiger charge is -2.45. The number of hydrogen-bond donors (Lipinski definition) is 1. The summed E-state index contributed by atoms with van der Waals surface area (Å²) in [6.45, 7) is 2.16. The van der Waals surface area contributed by atoms with Gasteiger partial charge in [0.25, 0.3) is 0 Å². The van der Waals surface area contributed by atoms with E-state index < -0.39 is 0 Å². The highest BCUT2D eigenvalue weighted by Crippen LogP contribution is 2.26. The number of rotatable bonds is 2. The minimum Gasteiger partial charge on any atom is -0.445 e. The van der Waals surface area contributed by atoms with Crippen LogP contribution < -0.4 is 5.32 Å². The van der Waals surface area contributed by atoms with Crippen LogP contribution in [0.1, 0.15) is 24.8 Å². The van der Waals surface area contributed by atoms with E-state index in [9.17, 15) is 4.79 Å². The molecule has 0 saturated carbocycles. The maximum absolute atomic E-state index is 12.3. The largest absolute Gasteiger partial charge is 0.445 e. The molecule has 102 valence electrons. The monoisotopic (exact) mass is 260 g/mol. The van der Waals surface area contributed by atoms with E-state index in [1.54, 1.807) is 0 Å².